The molecule has 0 saturated heterocycles. The Morgan fingerprint density at radius 2 is 2.19 bits per heavy atom. The summed E-state index contributed by atoms with van der Waals surface area (Å²) in [6.07, 6.45) is 1.69. The highest BCUT2D eigenvalue weighted by molar-refractivity contribution is 5.97. The molecular formula is C10H15N3O3. The van der Waals surface area contributed by atoms with Gasteiger partial charge in [-0.05, 0) is 13.3 Å². The third-order valence-corrected chi connectivity index (χ3v) is 1.67. The van der Waals surface area contributed by atoms with Crippen molar-refractivity contribution in [2.24, 2.45) is 0 Å². The molecule has 0 rings (SSSR count). The molecule has 0 heterocycles. The molecule has 0 aliphatic carbocycles. The predicted octanol–water partition coefficient (Wildman–Crippen LogP) is -0.0156. The zero-order valence-corrected chi connectivity index (χ0v) is 9.12. The number of carbonyl (C=O) groups is 2. The molecule has 3 N–H and O–H groups in total. The second kappa shape index (κ2) is 8.29. The molecule has 0 bridgehead atoms. The second-order valence-electron chi connectivity index (χ2n) is 2.98. The smallest absolute Gasteiger partial charge is 0.303 e. The molecule has 0 atom stereocenters. The van der Waals surface area contributed by atoms with Crippen LogP contribution >= 0.6 is 0 Å². The first-order valence-corrected chi connectivity index (χ1v) is 4.95. The van der Waals surface area contributed by atoms with Crippen LogP contribution in [0.25, 0.3) is 0 Å². The molecule has 6 nitrogen and oxygen atoms in total. The summed E-state index contributed by atoms with van der Waals surface area (Å²) in [6, 6.07) is 1.76. The fourth-order valence-electron chi connectivity index (χ4n) is 0.889. The highest BCUT2D eigenvalue weighted by Gasteiger charge is 2.07. The van der Waals surface area contributed by atoms with Gasteiger partial charge in [-0.1, -0.05) is 0 Å². The molecular weight excluding hydrogens is 210 g/mol. The fraction of sp³-hybridized carbons (Fsp3) is 0.500. The number of hydrogen-bond acceptors (Lipinski definition) is 4. The van der Waals surface area contributed by atoms with Gasteiger partial charge in [-0.25, -0.2) is 0 Å². The average Bonchev–Trinajstić information content (AvgIpc) is 2.25. The molecule has 0 aliphatic rings. The Labute approximate surface area is 93.9 Å². The Balaban J connectivity index is 3.95. The second-order valence-corrected chi connectivity index (χ2v) is 2.98. The van der Waals surface area contributed by atoms with E-state index in [1.54, 1.807) is 6.07 Å². The lowest BCUT2D eigenvalue weighted by Gasteiger charge is -2.02. The van der Waals surface area contributed by atoms with Crippen molar-refractivity contribution in [3.8, 4) is 6.07 Å². The summed E-state index contributed by atoms with van der Waals surface area (Å²) in [6.45, 7) is 2.71. The van der Waals surface area contributed by atoms with E-state index in [-0.39, 0.29) is 18.5 Å². The van der Waals surface area contributed by atoms with Crippen molar-refractivity contribution < 1.29 is 14.7 Å². The van der Waals surface area contributed by atoms with Gasteiger partial charge in [-0.2, -0.15) is 5.26 Å². The summed E-state index contributed by atoms with van der Waals surface area (Å²) in [5.74, 6) is -1.40. The van der Waals surface area contributed by atoms with Crippen LogP contribution in [0.3, 0.4) is 0 Å². The van der Waals surface area contributed by atoms with Gasteiger partial charge in [-0.15, -0.1) is 0 Å². The van der Waals surface area contributed by atoms with Crippen LogP contribution in [-0.2, 0) is 9.59 Å². The topological polar surface area (TPSA) is 102 Å². The van der Waals surface area contributed by atoms with E-state index in [9.17, 15) is 9.59 Å². The number of rotatable bonds is 7. The van der Waals surface area contributed by atoms with Gasteiger partial charge in [0.05, 0.1) is 0 Å². The maximum Gasteiger partial charge on any atom is 0.303 e. The lowest BCUT2D eigenvalue weighted by molar-refractivity contribution is -0.137. The van der Waals surface area contributed by atoms with E-state index in [4.69, 9.17) is 10.4 Å². The fourth-order valence-corrected chi connectivity index (χ4v) is 0.889. The number of carboxylic acids is 1. The Kier molecular flexibility index (Phi) is 7.24. The van der Waals surface area contributed by atoms with Crippen LogP contribution < -0.4 is 10.6 Å². The highest BCUT2D eigenvalue weighted by Crippen LogP contribution is 1.92. The molecule has 0 aromatic rings. The first kappa shape index (κ1) is 14.0. The number of nitrogens with one attached hydrogen (secondary N) is 2. The molecule has 1 amide bonds. The van der Waals surface area contributed by atoms with Gasteiger partial charge in [0.15, 0.2) is 0 Å². The largest absolute Gasteiger partial charge is 0.481 e. The minimum Gasteiger partial charge on any atom is -0.481 e. The Morgan fingerprint density at radius 1 is 1.50 bits per heavy atom. The number of aliphatic carboxylic acids is 1. The molecule has 0 aromatic carbocycles. The molecule has 6 heteroatoms. The van der Waals surface area contributed by atoms with E-state index in [0.717, 1.165) is 0 Å². The summed E-state index contributed by atoms with van der Waals surface area (Å²) >= 11 is 0. The number of carbonyl (C=O) groups excluding carboxylic acids is 1. The molecule has 16 heavy (non-hydrogen) atoms. The van der Waals surface area contributed by atoms with E-state index in [1.807, 2.05) is 6.92 Å². The van der Waals surface area contributed by atoms with Crippen molar-refractivity contribution in [1.82, 2.24) is 10.6 Å². The van der Waals surface area contributed by atoms with Crippen molar-refractivity contribution in [2.75, 3.05) is 13.1 Å². The van der Waals surface area contributed by atoms with Crippen molar-refractivity contribution in [3.63, 3.8) is 0 Å². The van der Waals surface area contributed by atoms with Gasteiger partial charge in [-0.3, -0.25) is 9.59 Å². The molecule has 0 radical (unpaired) electrons. The molecule has 0 aliphatic heterocycles. The number of carboxylic acid groups (broad SMARTS) is 1. The lowest BCUT2D eigenvalue weighted by Crippen LogP contribution is -2.27. The van der Waals surface area contributed by atoms with Crippen molar-refractivity contribution >= 4 is 11.9 Å². The first-order valence-electron chi connectivity index (χ1n) is 4.95. The van der Waals surface area contributed by atoms with E-state index in [1.165, 1.54) is 6.20 Å². The van der Waals surface area contributed by atoms with E-state index in [2.05, 4.69) is 10.6 Å². The van der Waals surface area contributed by atoms with Crippen LogP contribution in [0, 0.1) is 11.3 Å². The SMILES string of the molecule is CCN/C=C(/C#N)C(=O)NCCCC(=O)O. The summed E-state index contributed by atoms with van der Waals surface area (Å²) in [5.41, 5.74) is -0.0165. The normalized spacial score (nSPS) is 10.4. The maximum absolute atomic E-state index is 11.3. The van der Waals surface area contributed by atoms with Gasteiger partial charge in [0.25, 0.3) is 5.91 Å². The molecule has 0 aromatic heterocycles. The molecule has 0 saturated carbocycles. The average molecular weight is 225 g/mol. The minimum absolute atomic E-state index is 0.000902. The Bertz CT molecular complexity index is 318. The summed E-state index contributed by atoms with van der Waals surface area (Å²) in [5, 5.41) is 22.2. The minimum atomic E-state index is -0.905. The summed E-state index contributed by atoms with van der Waals surface area (Å²) in [4.78, 5) is 21.5. The number of amides is 1. The predicted molar refractivity (Wildman–Crippen MR) is 57.3 cm³/mol. The number of nitrogens with zero attached hydrogens (tertiary/aromatic N) is 1. The van der Waals surface area contributed by atoms with Gasteiger partial charge in [0.1, 0.15) is 11.6 Å². The molecule has 0 spiro atoms. The lowest BCUT2D eigenvalue weighted by atomic mass is 10.2. The zero-order chi connectivity index (χ0) is 12.4. The van der Waals surface area contributed by atoms with Crippen LogP contribution in [0.5, 0.6) is 0 Å². The van der Waals surface area contributed by atoms with Gasteiger partial charge < -0.3 is 15.7 Å². The Hall–Kier alpha value is -2.03. The first-order chi connectivity index (χ1) is 7.61. The summed E-state index contributed by atoms with van der Waals surface area (Å²) < 4.78 is 0. The van der Waals surface area contributed by atoms with Crippen LogP contribution in [0.4, 0.5) is 0 Å². The molecule has 0 unspecified atom stereocenters. The number of nitriles is 1. The van der Waals surface area contributed by atoms with Gasteiger partial charge in [0.2, 0.25) is 0 Å². The molecule has 88 valence electrons. The zero-order valence-electron chi connectivity index (χ0n) is 9.12. The van der Waals surface area contributed by atoms with Crippen molar-refractivity contribution in [2.45, 2.75) is 19.8 Å². The van der Waals surface area contributed by atoms with Crippen molar-refractivity contribution in [1.29, 1.82) is 5.26 Å². The summed E-state index contributed by atoms with van der Waals surface area (Å²) in [7, 11) is 0. The standard InChI is InChI=1S/C10H15N3O3/c1-2-12-7-8(6-11)10(16)13-5-3-4-9(14)15/h7,12H,2-5H2,1H3,(H,13,16)(H,14,15)/b8-7-. The van der Waals surface area contributed by atoms with E-state index >= 15 is 0 Å². The third kappa shape index (κ3) is 6.43. The van der Waals surface area contributed by atoms with Crippen LogP contribution in [0.1, 0.15) is 19.8 Å². The van der Waals surface area contributed by atoms with E-state index in [0.29, 0.717) is 13.0 Å². The molecule has 0 fully saturated rings. The monoisotopic (exact) mass is 225 g/mol. The van der Waals surface area contributed by atoms with Crippen LogP contribution in [0.15, 0.2) is 11.8 Å². The van der Waals surface area contributed by atoms with Crippen LogP contribution in [0.2, 0.25) is 0 Å². The van der Waals surface area contributed by atoms with Gasteiger partial charge >= 0.3 is 5.97 Å². The Morgan fingerprint density at radius 3 is 2.69 bits per heavy atom. The number of hydrogen-bond donors (Lipinski definition) is 3. The third-order valence-electron chi connectivity index (χ3n) is 1.67. The van der Waals surface area contributed by atoms with E-state index < -0.39 is 11.9 Å². The quantitative estimate of drug-likeness (QED) is 0.321. The maximum atomic E-state index is 11.3. The highest BCUT2D eigenvalue weighted by atomic mass is 16.4. The van der Waals surface area contributed by atoms with Crippen LogP contribution in [-0.4, -0.2) is 30.1 Å². The van der Waals surface area contributed by atoms with Gasteiger partial charge in [0, 0.05) is 25.7 Å². The van der Waals surface area contributed by atoms with Crippen molar-refractivity contribution in [3.05, 3.63) is 11.8 Å².